The number of hydrogen-bond donors (Lipinski definition) is 3. The molecule has 2 aromatic heterocycles. The van der Waals surface area contributed by atoms with Crippen molar-refractivity contribution in [3.63, 3.8) is 0 Å². The Morgan fingerprint density at radius 1 is 0.913 bits per heavy atom. The number of benzene rings is 3. The number of nitrogens with zero attached hydrogens (tertiary/aromatic N) is 2. The molecule has 0 unspecified atom stereocenters. The average molecular weight is 645 g/mol. The van der Waals surface area contributed by atoms with Crippen molar-refractivity contribution in [2.75, 3.05) is 11.5 Å². The van der Waals surface area contributed by atoms with Gasteiger partial charge >= 0.3 is 18.0 Å². The third kappa shape index (κ3) is 7.80. The number of carbonyl (C=O) groups is 3. The lowest BCUT2D eigenvalue weighted by atomic mass is 10.0. The Bertz CT molecular complexity index is 2020. The number of fused-ring (bicyclic) bond motifs is 2. The van der Waals surface area contributed by atoms with Crippen LogP contribution in [0.1, 0.15) is 41.2 Å². The highest BCUT2D eigenvalue weighted by atomic mass is 32.2. The van der Waals surface area contributed by atoms with Crippen LogP contribution in [0, 0.1) is 5.92 Å². The smallest absolute Gasteiger partial charge is 0.410 e. The van der Waals surface area contributed by atoms with Gasteiger partial charge in [-0.1, -0.05) is 68.4 Å². The Morgan fingerprint density at radius 3 is 2.39 bits per heavy atom. The van der Waals surface area contributed by atoms with Crippen molar-refractivity contribution in [1.82, 2.24) is 14.9 Å². The number of amides is 1. The molecule has 5 rings (SSSR count). The number of aromatic nitrogens is 2. The number of sulfonamides is 1. The Balaban J connectivity index is 1.42. The Hall–Kier alpha value is -5.43. The van der Waals surface area contributed by atoms with Crippen molar-refractivity contribution in [1.29, 1.82) is 0 Å². The molecule has 0 bridgehead atoms. The monoisotopic (exact) mass is 644 g/mol. The van der Waals surface area contributed by atoms with Crippen LogP contribution in [0.5, 0.6) is 0 Å². The molecule has 0 aliphatic carbocycles. The van der Waals surface area contributed by atoms with Gasteiger partial charge in [0, 0.05) is 11.1 Å². The number of esters is 1. The van der Waals surface area contributed by atoms with Crippen molar-refractivity contribution in [2.45, 2.75) is 32.7 Å². The minimum atomic E-state index is -3.76. The molecule has 3 N–H and O–H groups in total. The number of carboxylic acids is 1. The summed E-state index contributed by atoms with van der Waals surface area (Å²) in [7, 11) is -3.76. The summed E-state index contributed by atoms with van der Waals surface area (Å²) in [5.41, 5.74) is 2.41. The number of carboxylic acid groups (broad SMARTS) is 1. The number of ether oxygens (including phenoxy) is 2. The largest absolute Gasteiger partial charge is 0.477 e. The minimum Gasteiger partial charge on any atom is -0.477 e. The molecule has 0 aliphatic heterocycles. The molecule has 238 valence electrons. The topological polar surface area (TPSA) is 166 Å². The standard InChI is InChI=1S/C33H32N4O8S/c1-21(2)32(40)44-20-45-33(41)34-17-26-13-12-24-16-29(31(38)39)37(30(24)35-26)18-25-15-27(14-23-10-6-7-11-28(23)25)36-46(42,43)19-22-8-4-3-5-9-22/h3-16,21,36H,17-20H2,1-2H3,(H,34,41)(H,38,39). The summed E-state index contributed by atoms with van der Waals surface area (Å²) in [6.07, 6.45) is -0.821. The van der Waals surface area contributed by atoms with Crippen molar-refractivity contribution in [2.24, 2.45) is 5.92 Å². The molecule has 0 atom stereocenters. The molecule has 0 saturated heterocycles. The third-order valence-corrected chi connectivity index (χ3v) is 8.31. The molecule has 12 nitrogen and oxygen atoms in total. The molecule has 13 heteroatoms. The number of alkyl carbamates (subject to hydrolysis) is 1. The molecule has 46 heavy (non-hydrogen) atoms. The van der Waals surface area contributed by atoms with Crippen molar-refractivity contribution < 1.29 is 37.4 Å². The predicted molar refractivity (Wildman–Crippen MR) is 172 cm³/mol. The molecule has 0 radical (unpaired) electrons. The normalized spacial score (nSPS) is 11.5. The van der Waals surface area contributed by atoms with Crippen molar-refractivity contribution in [3.8, 4) is 0 Å². The van der Waals surface area contributed by atoms with Crippen LogP contribution in [0.3, 0.4) is 0 Å². The molecule has 2 heterocycles. The quantitative estimate of drug-likeness (QED) is 0.121. The lowest BCUT2D eigenvalue weighted by Crippen LogP contribution is -2.26. The molecular formula is C33H32N4O8S. The van der Waals surface area contributed by atoms with E-state index in [1.54, 1.807) is 62.4 Å². The van der Waals surface area contributed by atoms with Gasteiger partial charge in [0.15, 0.2) is 0 Å². The van der Waals surface area contributed by atoms with E-state index in [9.17, 15) is 27.9 Å². The van der Waals surface area contributed by atoms with E-state index in [-0.39, 0.29) is 30.5 Å². The van der Waals surface area contributed by atoms with Gasteiger partial charge in [-0.25, -0.2) is 23.0 Å². The number of nitrogens with one attached hydrogen (secondary N) is 2. The zero-order valence-corrected chi connectivity index (χ0v) is 25.9. The molecular weight excluding hydrogens is 612 g/mol. The fourth-order valence-corrected chi connectivity index (χ4v) is 6.06. The number of aromatic carboxylic acids is 1. The summed E-state index contributed by atoms with van der Waals surface area (Å²) in [6, 6.07) is 24.5. The zero-order valence-electron chi connectivity index (χ0n) is 25.1. The van der Waals surface area contributed by atoms with E-state index in [0.717, 1.165) is 10.8 Å². The number of carbonyl (C=O) groups excluding carboxylic acids is 2. The molecule has 0 saturated carbocycles. The highest BCUT2D eigenvalue weighted by molar-refractivity contribution is 7.91. The first-order valence-corrected chi connectivity index (χ1v) is 16.0. The van der Waals surface area contributed by atoms with Crippen LogP contribution in [0.25, 0.3) is 21.8 Å². The van der Waals surface area contributed by atoms with E-state index in [2.05, 4.69) is 15.0 Å². The fourth-order valence-electron chi connectivity index (χ4n) is 4.88. The minimum absolute atomic E-state index is 0.0156. The second kappa shape index (κ2) is 13.7. The molecule has 3 aromatic carbocycles. The summed E-state index contributed by atoms with van der Waals surface area (Å²) >= 11 is 0. The summed E-state index contributed by atoms with van der Waals surface area (Å²) in [4.78, 5) is 40.6. The average Bonchev–Trinajstić information content (AvgIpc) is 3.37. The highest BCUT2D eigenvalue weighted by Gasteiger charge is 2.19. The number of rotatable bonds is 12. The van der Waals surface area contributed by atoms with E-state index < -0.39 is 34.8 Å². The molecule has 0 fully saturated rings. The van der Waals surface area contributed by atoms with Crippen LogP contribution in [0.4, 0.5) is 10.5 Å². The maximum atomic E-state index is 13.0. The molecule has 5 aromatic rings. The van der Waals surface area contributed by atoms with Gasteiger partial charge in [-0.3, -0.25) is 9.52 Å². The maximum Gasteiger partial charge on any atom is 0.410 e. The first-order valence-electron chi connectivity index (χ1n) is 14.3. The van der Waals surface area contributed by atoms with Crippen molar-refractivity contribution in [3.05, 3.63) is 107 Å². The van der Waals surface area contributed by atoms with Crippen LogP contribution in [-0.4, -0.2) is 47.9 Å². The lowest BCUT2D eigenvalue weighted by Gasteiger charge is -2.15. The second-order valence-corrected chi connectivity index (χ2v) is 12.6. The van der Waals surface area contributed by atoms with Gasteiger partial charge in [-0.2, -0.15) is 0 Å². The second-order valence-electron chi connectivity index (χ2n) is 10.9. The van der Waals surface area contributed by atoms with E-state index in [1.807, 2.05) is 30.3 Å². The van der Waals surface area contributed by atoms with E-state index in [1.165, 1.54) is 10.6 Å². The Kier molecular flexibility index (Phi) is 9.52. The fraction of sp³-hybridized carbons (Fsp3) is 0.212. The van der Waals surface area contributed by atoms with Crippen LogP contribution < -0.4 is 10.0 Å². The van der Waals surface area contributed by atoms with Gasteiger partial charge < -0.3 is 24.5 Å². The maximum absolute atomic E-state index is 13.0. The van der Waals surface area contributed by atoms with Gasteiger partial charge in [-0.15, -0.1) is 0 Å². The molecule has 0 aliphatic rings. The van der Waals surface area contributed by atoms with Crippen LogP contribution in [-0.2, 0) is 43.1 Å². The van der Waals surface area contributed by atoms with Gasteiger partial charge in [0.25, 0.3) is 0 Å². The molecule has 0 spiro atoms. The van der Waals surface area contributed by atoms with Crippen LogP contribution in [0.15, 0.2) is 84.9 Å². The predicted octanol–water partition coefficient (Wildman–Crippen LogP) is 5.26. The summed E-state index contributed by atoms with van der Waals surface area (Å²) < 4.78 is 40.0. The third-order valence-electron chi connectivity index (χ3n) is 7.05. The van der Waals surface area contributed by atoms with Gasteiger partial charge in [-0.05, 0) is 52.2 Å². The van der Waals surface area contributed by atoms with E-state index in [4.69, 9.17) is 9.47 Å². The first-order chi connectivity index (χ1) is 22.0. The van der Waals surface area contributed by atoms with Gasteiger partial charge in [0.2, 0.25) is 16.8 Å². The van der Waals surface area contributed by atoms with Crippen molar-refractivity contribution >= 4 is 55.5 Å². The van der Waals surface area contributed by atoms with Crippen LogP contribution in [0.2, 0.25) is 0 Å². The van der Waals surface area contributed by atoms with Crippen LogP contribution >= 0.6 is 0 Å². The summed E-state index contributed by atoms with van der Waals surface area (Å²) in [6.45, 7) is 2.80. The Labute approximate surface area is 265 Å². The zero-order chi connectivity index (χ0) is 32.8. The van der Waals surface area contributed by atoms with Gasteiger partial charge in [0.05, 0.1) is 30.5 Å². The summed E-state index contributed by atoms with van der Waals surface area (Å²) in [5.74, 6) is -2.24. The number of pyridine rings is 1. The van der Waals surface area contributed by atoms with E-state index in [0.29, 0.717) is 33.5 Å². The molecule has 1 amide bonds. The Morgan fingerprint density at radius 2 is 1.65 bits per heavy atom. The first kappa shape index (κ1) is 32.0. The number of hydrogen-bond acceptors (Lipinski definition) is 8. The number of anilines is 1. The highest BCUT2D eigenvalue weighted by Crippen LogP contribution is 2.28. The van der Waals surface area contributed by atoms with E-state index >= 15 is 0 Å². The summed E-state index contributed by atoms with van der Waals surface area (Å²) in [5, 5.41) is 14.7. The SMILES string of the molecule is CC(C)C(=O)OCOC(=O)NCc1ccc2cc(C(=O)O)n(Cc3cc(NS(=O)(=O)Cc4ccccc4)cc4ccccc34)c2n1. The van der Waals surface area contributed by atoms with Gasteiger partial charge in [0.1, 0.15) is 11.3 Å². The lowest BCUT2D eigenvalue weighted by molar-refractivity contribution is -0.155.